The number of para-hydroxylation sites is 2. The molecule has 0 aliphatic carbocycles. The van der Waals surface area contributed by atoms with Crippen molar-refractivity contribution < 1.29 is 17.9 Å². The van der Waals surface area contributed by atoms with E-state index in [0.717, 1.165) is 37.6 Å². The number of ether oxygens (including phenoxy) is 1. The summed E-state index contributed by atoms with van der Waals surface area (Å²) < 4.78 is 28.6. The van der Waals surface area contributed by atoms with E-state index in [1.165, 1.54) is 0 Å². The molecule has 1 aromatic carbocycles. The Hall–Kier alpha value is -1.51. The Morgan fingerprint density at radius 2 is 1.92 bits per heavy atom. The third-order valence-corrected chi connectivity index (χ3v) is 7.17. The van der Waals surface area contributed by atoms with E-state index in [0.29, 0.717) is 0 Å². The second kappa shape index (κ2) is 8.02. The molecule has 7 nitrogen and oxygen atoms in total. The molecule has 2 saturated heterocycles. The van der Waals surface area contributed by atoms with E-state index in [2.05, 4.69) is 15.1 Å². The van der Waals surface area contributed by atoms with Crippen molar-refractivity contribution in [2.24, 2.45) is 0 Å². The fraction of sp³-hybridized carbons (Fsp3) is 0.588. The number of hydrogen-bond donors (Lipinski definition) is 1. The van der Waals surface area contributed by atoms with E-state index in [1.54, 1.807) is 7.11 Å². The van der Waals surface area contributed by atoms with Crippen molar-refractivity contribution in [3.63, 3.8) is 0 Å². The smallest absolute Gasteiger partial charge is 0.234 e. The molecule has 3 rings (SSSR count). The highest BCUT2D eigenvalue weighted by Crippen LogP contribution is 2.28. The van der Waals surface area contributed by atoms with Gasteiger partial charge in [-0.1, -0.05) is 12.1 Å². The molecular weight excluding hydrogens is 378 g/mol. The lowest BCUT2D eigenvalue weighted by Crippen LogP contribution is -2.51. The van der Waals surface area contributed by atoms with Gasteiger partial charge in [0.1, 0.15) is 5.75 Å². The Kier molecular flexibility index (Phi) is 5.94. The highest BCUT2D eigenvalue weighted by molar-refractivity contribution is 7.91. The van der Waals surface area contributed by atoms with Gasteiger partial charge >= 0.3 is 0 Å². The highest BCUT2D eigenvalue weighted by Gasteiger charge is 2.37. The third-order valence-electron chi connectivity index (χ3n) is 4.79. The van der Waals surface area contributed by atoms with Crippen LogP contribution >= 0.6 is 11.6 Å². The third kappa shape index (κ3) is 4.61. The van der Waals surface area contributed by atoms with E-state index in [1.807, 2.05) is 24.3 Å². The number of carbonyl (C=O) groups is 1. The van der Waals surface area contributed by atoms with Gasteiger partial charge < -0.3 is 15.0 Å². The van der Waals surface area contributed by atoms with Crippen LogP contribution in [0.1, 0.15) is 0 Å². The number of nitrogens with zero attached hydrogens (tertiary/aromatic N) is 2. The Labute approximate surface area is 159 Å². The molecule has 0 bridgehead atoms. The molecule has 144 valence electrons. The molecule has 0 spiro atoms. The maximum atomic E-state index is 12.2. The Morgan fingerprint density at radius 1 is 1.23 bits per heavy atom. The van der Waals surface area contributed by atoms with Gasteiger partial charge in [-0.05, 0) is 12.1 Å². The molecule has 26 heavy (non-hydrogen) atoms. The van der Waals surface area contributed by atoms with E-state index >= 15 is 0 Å². The average Bonchev–Trinajstić information content (AvgIpc) is 2.87. The minimum atomic E-state index is -3.15. The number of piperazine rings is 1. The summed E-state index contributed by atoms with van der Waals surface area (Å²) in [6.07, 6.45) is 0. The first-order valence-electron chi connectivity index (χ1n) is 8.62. The van der Waals surface area contributed by atoms with Crippen LogP contribution in [0.5, 0.6) is 5.75 Å². The normalized spacial score (nSPS) is 25.8. The summed E-state index contributed by atoms with van der Waals surface area (Å²) in [4.78, 5) is 16.5. The number of alkyl halides is 1. The summed E-state index contributed by atoms with van der Waals surface area (Å²) in [5.74, 6) is 0.517. The molecule has 2 fully saturated rings. The Balaban J connectivity index is 1.49. The van der Waals surface area contributed by atoms with Gasteiger partial charge in [-0.15, -0.1) is 11.6 Å². The van der Waals surface area contributed by atoms with Crippen LogP contribution < -0.4 is 15.0 Å². The number of sulfone groups is 1. The van der Waals surface area contributed by atoms with Gasteiger partial charge in [-0.2, -0.15) is 0 Å². The van der Waals surface area contributed by atoms with Gasteiger partial charge in [0.25, 0.3) is 0 Å². The summed E-state index contributed by atoms with van der Waals surface area (Å²) in [6, 6.07) is 7.39. The lowest BCUT2D eigenvalue weighted by atomic mass is 10.2. The molecule has 0 radical (unpaired) electrons. The minimum Gasteiger partial charge on any atom is -0.495 e. The second-order valence-electron chi connectivity index (χ2n) is 6.70. The van der Waals surface area contributed by atoms with Crippen LogP contribution in [-0.4, -0.2) is 82.0 Å². The predicted molar refractivity (Wildman–Crippen MR) is 102 cm³/mol. The largest absolute Gasteiger partial charge is 0.495 e. The van der Waals surface area contributed by atoms with E-state index in [9.17, 15) is 13.2 Å². The number of amides is 1. The van der Waals surface area contributed by atoms with Crippen molar-refractivity contribution in [2.45, 2.75) is 11.4 Å². The molecule has 1 aromatic rings. The van der Waals surface area contributed by atoms with E-state index < -0.39 is 21.3 Å². The SMILES string of the molecule is COc1ccccc1N1CCN(CC(=O)N[C@@H]2CS(=O)(=O)C[C@H]2Cl)CC1. The van der Waals surface area contributed by atoms with Crippen LogP contribution in [0, 0.1) is 0 Å². The summed E-state index contributed by atoms with van der Waals surface area (Å²) in [5.41, 5.74) is 1.06. The van der Waals surface area contributed by atoms with E-state index in [4.69, 9.17) is 16.3 Å². The first-order valence-corrected chi connectivity index (χ1v) is 10.9. The number of carbonyl (C=O) groups excluding carboxylic acids is 1. The van der Waals surface area contributed by atoms with Crippen molar-refractivity contribution in [1.82, 2.24) is 10.2 Å². The molecular formula is C17H24ClN3O4S. The maximum Gasteiger partial charge on any atom is 0.234 e. The molecule has 2 atom stereocenters. The van der Waals surface area contributed by atoms with Crippen LogP contribution in [0.15, 0.2) is 24.3 Å². The van der Waals surface area contributed by atoms with Crippen LogP contribution in [0.4, 0.5) is 5.69 Å². The number of nitrogens with one attached hydrogen (secondary N) is 1. The number of benzene rings is 1. The Morgan fingerprint density at radius 3 is 2.54 bits per heavy atom. The van der Waals surface area contributed by atoms with Crippen LogP contribution in [0.3, 0.4) is 0 Å². The minimum absolute atomic E-state index is 0.0723. The molecule has 0 aromatic heterocycles. The molecule has 0 unspecified atom stereocenters. The first-order chi connectivity index (χ1) is 12.4. The highest BCUT2D eigenvalue weighted by atomic mass is 35.5. The zero-order chi connectivity index (χ0) is 18.7. The number of halogens is 1. The number of rotatable bonds is 5. The molecule has 2 heterocycles. The van der Waals surface area contributed by atoms with E-state index in [-0.39, 0.29) is 24.0 Å². The lowest BCUT2D eigenvalue weighted by Gasteiger charge is -2.36. The summed E-state index contributed by atoms with van der Waals surface area (Å²) in [5, 5.41) is 2.22. The van der Waals surface area contributed by atoms with Crippen molar-refractivity contribution in [3.05, 3.63) is 24.3 Å². The number of hydrogen-bond acceptors (Lipinski definition) is 6. The quantitative estimate of drug-likeness (QED) is 0.717. The molecule has 1 N–H and O–H groups in total. The fourth-order valence-electron chi connectivity index (χ4n) is 3.43. The zero-order valence-electron chi connectivity index (χ0n) is 14.7. The topological polar surface area (TPSA) is 79.0 Å². The van der Waals surface area contributed by atoms with Crippen molar-refractivity contribution >= 4 is 33.0 Å². The molecule has 9 heteroatoms. The standard InChI is InChI=1S/C17H24ClN3O4S/c1-25-16-5-3-2-4-15(16)21-8-6-20(7-9-21)10-17(22)19-14-12-26(23,24)11-13(14)18/h2-5,13-14H,6-12H2,1H3,(H,19,22)/t13-,14-/m1/s1. The second-order valence-corrected chi connectivity index (χ2v) is 9.42. The molecule has 2 aliphatic rings. The van der Waals surface area contributed by atoms with Gasteiger partial charge in [-0.25, -0.2) is 8.42 Å². The molecule has 2 aliphatic heterocycles. The Bertz CT molecular complexity index is 750. The molecule has 1 amide bonds. The summed E-state index contributed by atoms with van der Waals surface area (Å²) >= 11 is 6.04. The number of anilines is 1. The first kappa shape index (κ1) is 19.3. The van der Waals surface area contributed by atoms with Crippen molar-refractivity contribution in [2.75, 3.05) is 56.2 Å². The van der Waals surface area contributed by atoms with Crippen molar-refractivity contribution in [3.8, 4) is 5.75 Å². The lowest BCUT2D eigenvalue weighted by molar-refractivity contribution is -0.122. The maximum absolute atomic E-state index is 12.2. The monoisotopic (exact) mass is 401 g/mol. The number of methoxy groups -OCH3 is 1. The van der Waals surface area contributed by atoms with Gasteiger partial charge in [0.05, 0.1) is 42.3 Å². The zero-order valence-corrected chi connectivity index (χ0v) is 16.3. The summed E-state index contributed by atoms with van der Waals surface area (Å²) in [6.45, 7) is 3.34. The fourth-order valence-corrected chi connectivity index (χ4v) is 5.98. The van der Waals surface area contributed by atoms with Crippen LogP contribution in [0.25, 0.3) is 0 Å². The van der Waals surface area contributed by atoms with Gasteiger partial charge in [0.2, 0.25) is 5.91 Å². The molecule has 0 saturated carbocycles. The van der Waals surface area contributed by atoms with Crippen molar-refractivity contribution in [1.29, 1.82) is 0 Å². The van der Waals surface area contributed by atoms with Gasteiger partial charge in [0.15, 0.2) is 9.84 Å². The van der Waals surface area contributed by atoms with Gasteiger partial charge in [0, 0.05) is 26.2 Å². The summed E-state index contributed by atoms with van der Waals surface area (Å²) in [7, 11) is -1.49. The predicted octanol–water partition coefficient (Wildman–Crippen LogP) is 0.338. The van der Waals surface area contributed by atoms with Crippen LogP contribution in [-0.2, 0) is 14.6 Å². The van der Waals surface area contributed by atoms with Gasteiger partial charge in [-0.3, -0.25) is 9.69 Å². The van der Waals surface area contributed by atoms with Crippen LogP contribution in [0.2, 0.25) is 0 Å². The average molecular weight is 402 g/mol.